The van der Waals surface area contributed by atoms with Gasteiger partial charge in [-0.15, -0.1) is 0 Å². The van der Waals surface area contributed by atoms with Crippen molar-refractivity contribution in [1.82, 2.24) is 10.2 Å². The molecule has 1 aromatic rings. The number of rotatable bonds is 3. The quantitative estimate of drug-likeness (QED) is 0.876. The van der Waals surface area contributed by atoms with Crippen LogP contribution in [0.2, 0.25) is 5.02 Å². The van der Waals surface area contributed by atoms with Gasteiger partial charge in [-0.05, 0) is 24.3 Å². The molecule has 6 heteroatoms. The van der Waals surface area contributed by atoms with E-state index in [-0.39, 0.29) is 25.0 Å². The third-order valence-corrected chi connectivity index (χ3v) is 2.82. The van der Waals surface area contributed by atoms with E-state index in [0.29, 0.717) is 23.9 Å². The molecule has 1 N–H and O–H groups in total. The fourth-order valence-corrected chi connectivity index (χ4v) is 1.75. The van der Waals surface area contributed by atoms with Gasteiger partial charge in [-0.3, -0.25) is 14.5 Å². The lowest BCUT2D eigenvalue weighted by Gasteiger charge is -2.25. The van der Waals surface area contributed by atoms with E-state index in [4.69, 9.17) is 16.3 Å². The van der Waals surface area contributed by atoms with Gasteiger partial charge in [-0.25, -0.2) is 0 Å². The SMILES string of the molecule is O=C1CNCCN1C(=O)COc1ccc(Cl)cc1. The van der Waals surface area contributed by atoms with E-state index < -0.39 is 0 Å². The molecule has 0 bridgehead atoms. The molecule has 0 radical (unpaired) electrons. The Morgan fingerprint density at radius 3 is 2.78 bits per heavy atom. The smallest absolute Gasteiger partial charge is 0.267 e. The van der Waals surface area contributed by atoms with Gasteiger partial charge in [0.1, 0.15) is 5.75 Å². The first-order valence-corrected chi connectivity index (χ1v) is 5.97. The number of halogens is 1. The molecule has 0 aromatic heterocycles. The number of carbonyl (C=O) groups excluding carboxylic acids is 2. The molecular weight excluding hydrogens is 256 g/mol. The molecule has 18 heavy (non-hydrogen) atoms. The maximum atomic E-state index is 11.8. The van der Waals surface area contributed by atoms with Gasteiger partial charge in [-0.2, -0.15) is 0 Å². The summed E-state index contributed by atoms with van der Waals surface area (Å²) in [7, 11) is 0. The molecule has 1 fully saturated rings. The Labute approximate surface area is 110 Å². The first-order chi connectivity index (χ1) is 8.66. The highest BCUT2D eigenvalue weighted by atomic mass is 35.5. The summed E-state index contributed by atoms with van der Waals surface area (Å²) in [6.45, 7) is 1.07. The zero-order chi connectivity index (χ0) is 13.0. The molecule has 0 saturated carbocycles. The summed E-state index contributed by atoms with van der Waals surface area (Å²) in [4.78, 5) is 24.5. The van der Waals surface area contributed by atoms with Gasteiger partial charge >= 0.3 is 0 Å². The van der Waals surface area contributed by atoms with E-state index in [0.717, 1.165) is 0 Å². The van der Waals surface area contributed by atoms with Crippen LogP contribution >= 0.6 is 11.6 Å². The highest BCUT2D eigenvalue weighted by Gasteiger charge is 2.24. The molecule has 0 unspecified atom stereocenters. The molecular formula is C12H13ClN2O3. The summed E-state index contributed by atoms with van der Waals surface area (Å²) in [5.74, 6) is 0.0118. The van der Waals surface area contributed by atoms with Crippen molar-refractivity contribution in [2.75, 3.05) is 26.2 Å². The van der Waals surface area contributed by atoms with E-state index >= 15 is 0 Å². The minimum atomic E-state index is -0.323. The van der Waals surface area contributed by atoms with Crippen LogP contribution < -0.4 is 10.1 Å². The molecule has 1 saturated heterocycles. The second-order valence-corrected chi connectivity index (χ2v) is 4.29. The number of hydrogen-bond acceptors (Lipinski definition) is 4. The predicted molar refractivity (Wildman–Crippen MR) is 66.5 cm³/mol. The Morgan fingerprint density at radius 1 is 1.39 bits per heavy atom. The van der Waals surface area contributed by atoms with Crippen molar-refractivity contribution in [1.29, 1.82) is 0 Å². The Bertz CT molecular complexity index is 447. The molecule has 0 atom stereocenters. The minimum absolute atomic E-state index is 0.145. The van der Waals surface area contributed by atoms with Crippen molar-refractivity contribution in [3.8, 4) is 5.75 Å². The number of piperazine rings is 1. The number of amides is 2. The van der Waals surface area contributed by atoms with Crippen LogP contribution in [0.25, 0.3) is 0 Å². The van der Waals surface area contributed by atoms with Gasteiger partial charge in [0.05, 0.1) is 6.54 Å². The van der Waals surface area contributed by atoms with Crippen molar-refractivity contribution in [2.45, 2.75) is 0 Å². The van der Waals surface area contributed by atoms with Crippen molar-refractivity contribution >= 4 is 23.4 Å². The van der Waals surface area contributed by atoms with Gasteiger partial charge in [0, 0.05) is 18.1 Å². The second kappa shape index (κ2) is 5.84. The summed E-state index contributed by atoms with van der Waals surface area (Å²) in [5.41, 5.74) is 0. The fraction of sp³-hybridized carbons (Fsp3) is 0.333. The number of imide groups is 1. The number of carbonyl (C=O) groups is 2. The molecule has 5 nitrogen and oxygen atoms in total. The van der Waals surface area contributed by atoms with Crippen molar-refractivity contribution in [2.24, 2.45) is 0 Å². The molecule has 1 heterocycles. The molecule has 2 amide bonds. The topological polar surface area (TPSA) is 58.6 Å². The third kappa shape index (κ3) is 3.21. The maximum absolute atomic E-state index is 11.8. The van der Waals surface area contributed by atoms with Crippen LogP contribution in [0, 0.1) is 0 Å². The van der Waals surface area contributed by atoms with Gasteiger partial charge < -0.3 is 10.1 Å². The highest BCUT2D eigenvalue weighted by Crippen LogP contribution is 2.15. The number of ether oxygens (including phenoxy) is 1. The van der Waals surface area contributed by atoms with Gasteiger partial charge in [0.15, 0.2) is 6.61 Å². The second-order valence-electron chi connectivity index (χ2n) is 3.86. The lowest BCUT2D eigenvalue weighted by Crippen LogP contribution is -2.51. The van der Waals surface area contributed by atoms with Crippen LogP contribution in [0.15, 0.2) is 24.3 Å². The number of nitrogens with zero attached hydrogens (tertiary/aromatic N) is 1. The summed E-state index contributed by atoms with van der Waals surface area (Å²) in [6.07, 6.45) is 0. The molecule has 2 rings (SSSR count). The number of benzene rings is 1. The van der Waals surface area contributed by atoms with Gasteiger partial charge in [0.25, 0.3) is 5.91 Å². The Kier molecular flexibility index (Phi) is 4.17. The maximum Gasteiger partial charge on any atom is 0.267 e. The molecule has 1 aliphatic rings. The van der Waals surface area contributed by atoms with Crippen LogP contribution in [0.4, 0.5) is 0 Å². The predicted octanol–water partition coefficient (Wildman–Crippen LogP) is 0.677. The van der Waals surface area contributed by atoms with E-state index in [1.54, 1.807) is 24.3 Å². The average molecular weight is 269 g/mol. The largest absolute Gasteiger partial charge is 0.484 e. The molecule has 1 aromatic carbocycles. The summed E-state index contributed by atoms with van der Waals surface area (Å²) < 4.78 is 5.30. The van der Waals surface area contributed by atoms with Gasteiger partial charge in [-0.1, -0.05) is 11.6 Å². The Hall–Kier alpha value is -1.59. The Balaban J connectivity index is 1.87. The van der Waals surface area contributed by atoms with E-state index in [1.165, 1.54) is 4.90 Å². The van der Waals surface area contributed by atoms with Crippen LogP contribution in [0.3, 0.4) is 0 Å². The monoisotopic (exact) mass is 268 g/mol. The van der Waals surface area contributed by atoms with Gasteiger partial charge in [0.2, 0.25) is 5.91 Å². The molecule has 1 aliphatic heterocycles. The number of nitrogens with one attached hydrogen (secondary N) is 1. The van der Waals surface area contributed by atoms with E-state index in [1.807, 2.05) is 0 Å². The summed E-state index contributed by atoms with van der Waals surface area (Å²) in [6, 6.07) is 6.71. The minimum Gasteiger partial charge on any atom is -0.484 e. The Morgan fingerprint density at radius 2 is 2.11 bits per heavy atom. The normalized spacial score (nSPS) is 15.6. The lowest BCUT2D eigenvalue weighted by atomic mass is 10.3. The van der Waals surface area contributed by atoms with E-state index in [2.05, 4.69) is 5.32 Å². The highest BCUT2D eigenvalue weighted by molar-refractivity contribution is 6.30. The fourth-order valence-electron chi connectivity index (χ4n) is 1.62. The van der Waals surface area contributed by atoms with Crippen molar-refractivity contribution in [3.05, 3.63) is 29.3 Å². The van der Waals surface area contributed by atoms with Crippen molar-refractivity contribution in [3.63, 3.8) is 0 Å². The van der Waals surface area contributed by atoms with Crippen molar-refractivity contribution < 1.29 is 14.3 Å². The van der Waals surface area contributed by atoms with Crippen LogP contribution in [0.1, 0.15) is 0 Å². The van der Waals surface area contributed by atoms with Crippen LogP contribution in [-0.2, 0) is 9.59 Å². The molecule has 0 spiro atoms. The average Bonchev–Trinajstić information content (AvgIpc) is 2.38. The van der Waals surface area contributed by atoms with Crippen LogP contribution in [-0.4, -0.2) is 43.0 Å². The van der Waals surface area contributed by atoms with E-state index in [9.17, 15) is 9.59 Å². The first-order valence-electron chi connectivity index (χ1n) is 5.59. The zero-order valence-electron chi connectivity index (χ0n) is 9.69. The standard InChI is InChI=1S/C12H13ClN2O3/c13-9-1-3-10(4-2-9)18-8-12(17)15-6-5-14-7-11(15)16/h1-4,14H,5-8H2. The zero-order valence-corrected chi connectivity index (χ0v) is 10.4. The third-order valence-electron chi connectivity index (χ3n) is 2.57. The summed E-state index contributed by atoms with van der Waals surface area (Å²) >= 11 is 5.73. The lowest BCUT2D eigenvalue weighted by molar-refractivity contribution is -0.146. The number of hydrogen-bond donors (Lipinski definition) is 1. The van der Waals surface area contributed by atoms with Crippen LogP contribution in [0.5, 0.6) is 5.75 Å². The first kappa shape index (κ1) is 12.9. The molecule has 96 valence electrons. The molecule has 0 aliphatic carbocycles. The summed E-state index contributed by atoms with van der Waals surface area (Å²) in [5, 5.41) is 3.50.